The maximum absolute atomic E-state index is 11.8. The van der Waals surface area contributed by atoms with E-state index >= 15 is 0 Å². The number of rotatable bonds is 1. The van der Waals surface area contributed by atoms with Gasteiger partial charge in [0.15, 0.2) is 5.78 Å². The predicted octanol–water partition coefficient (Wildman–Crippen LogP) is 1.54. The molecule has 1 aliphatic carbocycles. The summed E-state index contributed by atoms with van der Waals surface area (Å²) in [5.74, 6) is -1.62. The van der Waals surface area contributed by atoms with Crippen LogP contribution in [0.4, 0.5) is 0 Å². The van der Waals surface area contributed by atoms with Crippen LogP contribution in [0.15, 0.2) is 0 Å². The second-order valence-electron chi connectivity index (χ2n) is 4.85. The molecule has 1 fully saturated rings. The Labute approximate surface area is 83.9 Å². The summed E-state index contributed by atoms with van der Waals surface area (Å²) in [5.41, 5.74) is -0.530. The third-order valence-electron chi connectivity index (χ3n) is 2.54. The molecule has 0 aromatic heterocycles. The maximum atomic E-state index is 11.8. The van der Waals surface area contributed by atoms with Crippen molar-refractivity contribution in [1.82, 2.24) is 0 Å². The minimum absolute atomic E-state index is 0.101. The summed E-state index contributed by atoms with van der Waals surface area (Å²) < 4.78 is 0. The Balaban J connectivity index is 2.83. The molecule has 0 aromatic rings. The van der Waals surface area contributed by atoms with Crippen molar-refractivity contribution in [1.29, 1.82) is 0 Å². The molecule has 1 atom stereocenters. The molecule has 14 heavy (non-hydrogen) atoms. The van der Waals surface area contributed by atoms with Gasteiger partial charge in [-0.1, -0.05) is 20.8 Å². The van der Waals surface area contributed by atoms with Gasteiger partial charge in [0.1, 0.15) is 5.78 Å². The average Bonchev–Trinajstić information content (AvgIpc) is 2.07. The number of ketones is 3. The van der Waals surface area contributed by atoms with Gasteiger partial charge in [-0.2, -0.15) is 0 Å². The van der Waals surface area contributed by atoms with Crippen molar-refractivity contribution in [3.05, 3.63) is 0 Å². The third-order valence-corrected chi connectivity index (χ3v) is 2.54. The zero-order chi connectivity index (χ0) is 10.9. The summed E-state index contributed by atoms with van der Waals surface area (Å²) in [5, 5.41) is 0. The van der Waals surface area contributed by atoms with Gasteiger partial charge in [-0.05, 0) is 12.8 Å². The number of Topliss-reactive ketones (excluding diaryl/α,β-unsaturated/α-hetero) is 3. The molecule has 0 aromatic carbocycles. The fourth-order valence-corrected chi connectivity index (χ4v) is 1.69. The van der Waals surface area contributed by atoms with E-state index in [0.717, 1.165) is 0 Å². The van der Waals surface area contributed by atoms with E-state index < -0.39 is 17.1 Å². The quantitative estimate of drug-likeness (QED) is 0.472. The van der Waals surface area contributed by atoms with Gasteiger partial charge in [-0.15, -0.1) is 0 Å². The molecule has 78 valence electrons. The minimum atomic E-state index is -0.670. The van der Waals surface area contributed by atoms with Crippen LogP contribution in [0.1, 0.15) is 40.0 Å². The van der Waals surface area contributed by atoms with Gasteiger partial charge in [-0.3, -0.25) is 14.4 Å². The van der Waals surface area contributed by atoms with Crippen molar-refractivity contribution in [2.45, 2.75) is 40.0 Å². The Bertz CT molecular complexity index is 283. The Hall–Kier alpha value is -0.990. The van der Waals surface area contributed by atoms with Crippen LogP contribution in [-0.4, -0.2) is 17.3 Å². The van der Waals surface area contributed by atoms with E-state index in [2.05, 4.69) is 0 Å². The van der Waals surface area contributed by atoms with Gasteiger partial charge >= 0.3 is 0 Å². The summed E-state index contributed by atoms with van der Waals surface area (Å²) in [6, 6.07) is 0. The largest absolute Gasteiger partial charge is 0.298 e. The predicted molar refractivity (Wildman–Crippen MR) is 51.8 cm³/mol. The van der Waals surface area contributed by atoms with E-state index in [4.69, 9.17) is 0 Å². The Kier molecular flexibility index (Phi) is 2.88. The van der Waals surface area contributed by atoms with Crippen LogP contribution in [0.25, 0.3) is 0 Å². The zero-order valence-electron chi connectivity index (χ0n) is 8.92. The van der Waals surface area contributed by atoms with Crippen LogP contribution in [0.5, 0.6) is 0 Å². The molecule has 1 aliphatic rings. The summed E-state index contributed by atoms with van der Waals surface area (Å²) >= 11 is 0. The van der Waals surface area contributed by atoms with Crippen molar-refractivity contribution in [2.24, 2.45) is 11.3 Å². The van der Waals surface area contributed by atoms with Crippen LogP contribution in [0.2, 0.25) is 0 Å². The van der Waals surface area contributed by atoms with Crippen LogP contribution in [0, 0.1) is 11.3 Å². The van der Waals surface area contributed by atoms with Crippen LogP contribution >= 0.6 is 0 Å². The Morgan fingerprint density at radius 3 is 2.36 bits per heavy atom. The lowest BCUT2D eigenvalue weighted by molar-refractivity contribution is -0.147. The number of hydrogen-bond acceptors (Lipinski definition) is 3. The molecule has 1 saturated carbocycles. The van der Waals surface area contributed by atoms with Gasteiger partial charge in [0.2, 0.25) is 5.78 Å². The highest BCUT2D eigenvalue weighted by molar-refractivity contribution is 6.42. The number of hydrogen-bond donors (Lipinski definition) is 0. The fraction of sp³-hybridized carbons (Fsp3) is 0.727. The van der Waals surface area contributed by atoms with Crippen molar-refractivity contribution in [3.8, 4) is 0 Å². The highest BCUT2D eigenvalue weighted by Gasteiger charge is 2.39. The van der Waals surface area contributed by atoms with Crippen LogP contribution in [0.3, 0.4) is 0 Å². The molecule has 1 unspecified atom stereocenters. The van der Waals surface area contributed by atoms with E-state index in [1.807, 2.05) is 0 Å². The zero-order valence-corrected chi connectivity index (χ0v) is 8.92. The summed E-state index contributed by atoms with van der Waals surface area (Å²) in [4.78, 5) is 34.4. The van der Waals surface area contributed by atoms with Crippen molar-refractivity contribution >= 4 is 17.3 Å². The highest BCUT2D eigenvalue weighted by atomic mass is 16.2. The van der Waals surface area contributed by atoms with Crippen molar-refractivity contribution < 1.29 is 14.4 Å². The maximum Gasteiger partial charge on any atom is 0.208 e. The SMILES string of the molecule is CC(C)(C)C(=O)C1CCCC(=O)C1=O. The first-order valence-corrected chi connectivity index (χ1v) is 4.95. The highest BCUT2D eigenvalue weighted by Crippen LogP contribution is 2.27. The normalized spacial score (nSPS) is 23.8. The average molecular weight is 196 g/mol. The molecular weight excluding hydrogens is 180 g/mol. The van der Waals surface area contributed by atoms with Crippen LogP contribution < -0.4 is 0 Å². The first kappa shape index (κ1) is 11.1. The van der Waals surface area contributed by atoms with Crippen LogP contribution in [-0.2, 0) is 14.4 Å². The smallest absolute Gasteiger partial charge is 0.208 e. The molecule has 0 radical (unpaired) electrons. The molecular formula is C11H16O3. The Morgan fingerprint density at radius 1 is 1.29 bits per heavy atom. The summed E-state index contributed by atoms with van der Waals surface area (Å²) in [6.07, 6.45) is 1.52. The van der Waals surface area contributed by atoms with E-state index in [0.29, 0.717) is 19.3 Å². The first-order chi connectivity index (χ1) is 6.34. The molecule has 0 amide bonds. The molecule has 3 nitrogen and oxygen atoms in total. The molecule has 0 saturated heterocycles. The second kappa shape index (κ2) is 3.64. The lowest BCUT2D eigenvalue weighted by atomic mass is 9.75. The fourth-order valence-electron chi connectivity index (χ4n) is 1.69. The van der Waals surface area contributed by atoms with E-state index in [9.17, 15) is 14.4 Å². The topological polar surface area (TPSA) is 51.2 Å². The van der Waals surface area contributed by atoms with Gasteiger partial charge in [0.05, 0.1) is 5.92 Å². The van der Waals surface area contributed by atoms with Gasteiger partial charge in [0, 0.05) is 11.8 Å². The minimum Gasteiger partial charge on any atom is -0.298 e. The number of carbonyl (C=O) groups excluding carboxylic acids is 3. The molecule has 0 aliphatic heterocycles. The van der Waals surface area contributed by atoms with E-state index in [1.165, 1.54) is 0 Å². The first-order valence-electron chi connectivity index (χ1n) is 4.95. The molecule has 0 N–H and O–H groups in total. The van der Waals surface area contributed by atoms with E-state index in [-0.39, 0.29) is 11.6 Å². The molecule has 3 heteroatoms. The molecule has 1 rings (SSSR count). The van der Waals surface area contributed by atoms with Crippen molar-refractivity contribution in [2.75, 3.05) is 0 Å². The lowest BCUT2D eigenvalue weighted by Crippen LogP contribution is -2.39. The monoisotopic (exact) mass is 196 g/mol. The number of carbonyl (C=O) groups is 3. The Morgan fingerprint density at radius 2 is 1.86 bits per heavy atom. The van der Waals surface area contributed by atoms with E-state index in [1.54, 1.807) is 20.8 Å². The summed E-state index contributed by atoms with van der Waals surface area (Å²) in [6.45, 7) is 5.34. The van der Waals surface area contributed by atoms with Crippen molar-refractivity contribution in [3.63, 3.8) is 0 Å². The van der Waals surface area contributed by atoms with Gasteiger partial charge in [-0.25, -0.2) is 0 Å². The molecule has 0 spiro atoms. The summed E-state index contributed by atoms with van der Waals surface area (Å²) in [7, 11) is 0. The standard InChI is InChI=1S/C11H16O3/c1-11(2,3)10(14)7-5-4-6-8(12)9(7)13/h7H,4-6H2,1-3H3. The second-order valence-corrected chi connectivity index (χ2v) is 4.85. The molecule has 0 bridgehead atoms. The van der Waals surface area contributed by atoms with Gasteiger partial charge < -0.3 is 0 Å². The molecule has 0 heterocycles. The van der Waals surface area contributed by atoms with Gasteiger partial charge in [0.25, 0.3) is 0 Å². The third kappa shape index (κ3) is 2.08. The lowest BCUT2D eigenvalue weighted by Gasteiger charge is -2.25.